The van der Waals surface area contributed by atoms with Crippen molar-refractivity contribution in [1.82, 2.24) is 25.6 Å². The van der Waals surface area contributed by atoms with E-state index in [1.54, 1.807) is 19.1 Å². The molecule has 3 amide bonds. The molecule has 1 aliphatic rings. The van der Waals surface area contributed by atoms with E-state index in [1.165, 1.54) is 17.4 Å². The minimum absolute atomic E-state index is 0.0134. The van der Waals surface area contributed by atoms with Crippen molar-refractivity contribution in [2.75, 3.05) is 11.9 Å². The average Bonchev–Trinajstić information content (AvgIpc) is 3.43. The largest absolute Gasteiger partial charge is 0.447 e. The molecule has 4 N–H and O–H groups in total. The zero-order valence-electron chi connectivity index (χ0n) is 23.3. The second-order valence-corrected chi connectivity index (χ2v) is 12.8. The number of alkyl carbamates (subject to hydrolysis) is 1. The number of hydrogen-bond acceptors (Lipinski definition) is 8. The van der Waals surface area contributed by atoms with Gasteiger partial charge < -0.3 is 20.7 Å². The third-order valence-electron chi connectivity index (χ3n) is 6.57. The summed E-state index contributed by atoms with van der Waals surface area (Å²) in [4.78, 5) is 24.4. The Kier molecular flexibility index (Phi) is 10.3. The predicted octanol–water partition coefficient (Wildman–Crippen LogP) is 4.99. The van der Waals surface area contributed by atoms with Gasteiger partial charge in [0.1, 0.15) is 10.0 Å². The lowest BCUT2D eigenvalue weighted by Gasteiger charge is -2.27. The van der Waals surface area contributed by atoms with Crippen LogP contribution in [0, 0.1) is 0 Å². The second kappa shape index (κ2) is 13.9. The Hall–Kier alpha value is -3.55. The van der Waals surface area contributed by atoms with Gasteiger partial charge in [-0.15, -0.1) is 10.2 Å². The van der Waals surface area contributed by atoms with Gasteiger partial charge >= 0.3 is 12.1 Å². The number of nitrogens with one attached hydrogen (secondary N) is 4. The summed E-state index contributed by atoms with van der Waals surface area (Å²) in [5, 5.41) is 18.5. The molecular weight excluding hydrogens is 564 g/mol. The number of rotatable bonds is 10. The molecule has 0 aliphatic heterocycles. The number of sulfonamides is 1. The van der Waals surface area contributed by atoms with E-state index >= 15 is 0 Å². The Bertz CT molecular complexity index is 1440. The fourth-order valence-corrected chi connectivity index (χ4v) is 7.02. The number of carbonyl (C=O) groups excluding carboxylic acids is 2. The van der Waals surface area contributed by atoms with Gasteiger partial charge in [0.25, 0.3) is 0 Å². The van der Waals surface area contributed by atoms with Gasteiger partial charge in [0.2, 0.25) is 10.0 Å². The van der Waals surface area contributed by atoms with E-state index in [-0.39, 0.29) is 29.5 Å². The molecule has 0 radical (unpaired) electrons. The molecule has 1 aromatic heterocycles. The topological polar surface area (TPSA) is 151 Å². The first-order valence-electron chi connectivity index (χ1n) is 13.7. The van der Waals surface area contributed by atoms with Crippen LogP contribution in [0.3, 0.4) is 0 Å². The summed E-state index contributed by atoms with van der Waals surface area (Å²) in [6.45, 7) is 5.87. The maximum Gasteiger partial charge on any atom is 0.407 e. The van der Waals surface area contributed by atoms with Gasteiger partial charge in [-0.25, -0.2) is 22.7 Å². The van der Waals surface area contributed by atoms with Gasteiger partial charge in [-0.2, -0.15) is 0 Å². The fraction of sp³-hybridized carbons (Fsp3) is 0.429. The van der Waals surface area contributed by atoms with Crippen molar-refractivity contribution < 1.29 is 22.7 Å². The van der Waals surface area contributed by atoms with Crippen molar-refractivity contribution in [3.8, 4) is 10.6 Å². The molecule has 11 nitrogen and oxygen atoms in total. The van der Waals surface area contributed by atoms with Crippen LogP contribution in [0.1, 0.15) is 62.9 Å². The Morgan fingerprint density at radius 1 is 1.05 bits per heavy atom. The van der Waals surface area contributed by atoms with Crippen LogP contribution >= 0.6 is 11.3 Å². The first-order chi connectivity index (χ1) is 19.6. The molecule has 13 heteroatoms. The maximum absolute atomic E-state index is 13.1. The zero-order valence-corrected chi connectivity index (χ0v) is 25.0. The molecule has 1 saturated carbocycles. The van der Waals surface area contributed by atoms with Crippen LogP contribution in [-0.2, 0) is 21.3 Å². The van der Waals surface area contributed by atoms with Crippen LogP contribution in [0.25, 0.3) is 10.6 Å². The van der Waals surface area contributed by atoms with Crippen molar-refractivity contribution in [2.24, 2.45) is 0 Å². The molecule has 0 atom stereocenters. The fourth-order valence-electron chi connectivity index (χ4n) is 4.63. The molecule has 0 saturated heterocycles. The summed E-state index contributed by atoms with van der Waals surface area (Å²) in [7, 11) is -3.88. The standard InChI is InChI=1S/C28H36N6O5S2/c1-4-30-41(37,38)24-16-22(31-27(35)29-17-19-8-6-5-7-9-19)14-15-23(24)26-34-33-25(40-26)20-10-12-21(13-11-20)32-28(36)39-18(2)3/h5-9,14-16,18,20-21,30H,4,10-13,17H2,1-3H3,(H,32,36)(H2,29,31,35)/t20-,21-. The number of anilines is 1. The van der Waals surface area contributed by atoms with Crippen molar-refractivity contribution in [1.29, 1.82) is 0 Å². The molecule has 1 heterocycles. The van der Waals surface area contributed by atoms with Crippen molar-refractivity contribution in [3.63, 3.8) is 0 Å². The van der Waals surface area contributed by atoms with Crippen molar-refractivity contribution in [3.05, 3.63) is 59.1 Å². The normalized spacial score (nSPS) is 17.2. The molecule has 0 unspecified atom stereocenters. The number of ether oxygens (including phenoxy) is 1. The maximum atomic E-state index is 13.1. The first-order valence-corrected chi connectivity index (χ1v) is 16.0. The Morgan fingerprint density at radius 2 is 1.78 bits per heavy atom. The molecule has 0 bridgehead atoms. The molecule has 1 fully saturated rings. The molecule has 0 spiro atoms. The van der Waals surface area contributed by atoms with Gasteiger partial charge in [0.15, 0.2) is 0 Å². The lowest BCUT2D eigenvalue weighted by Crippen LogP contribution is -2.38. The molecule has 2 aromatic carbocycles. The van der Waals surface area contributed by atoms with Crippen LogP contribution in [0.15, 0.2) is 53.4 Å². The van der Waals surface area contributed by atoms with Crippen molar-refractivity contribution in [2.45, 2.75) is 76.0 Å². The summed E-state index contributed by atoms with van der Waals surface area (Å²) < 4.78 is 34.0. The van der Waals surface area contributed by atoms with E-state index in [9.17, 15) is 18.0 Å². The molecule has 220 valence electrons. The minimum Gasteiger partial charge on any atom is -0.447 e. The van der Waals surface area contributed by atoms with Gasteiger partial charge in [-0.05, 0) is 63.3 Å². The average molecular weight is 601 g/mol. The SMILES string of the molecule is CCNS(=O)(=O)c1cc(NC(=O)NCc2ccccc2)ccc1-c1nnc([C@H]2CC[C@H](NC(=O)OC(C)C)CC2)s1. The number of carbonyl (C=O) groups is 2. The third-order valence-corrected chi connectivity index (χ3v) is 9.28. The highest BCUT2D eigenvalue weighted by atomic mass is 32.2. The number of urea groups is 1. The van der Waals surface area contributed by atoms with Crippen LogP contribution in [0.5, 0.6) is 0 Å². The van der Waals surface area contributed by atoms with E-state index < -0.39 is 22.1 Å². The number of hydrogen-bond donors (Lipinski definition) is 4. The summed E-state index contributed by atoms with van der Waals surface area (Å²) >= 11 is 1.36. The van der Waals surface area contributed by atoms with Crippen LogP contribution in [0.4, 0.5) is 15.3 Å². The molecular formula is C28H36N6O5S2. The van der Waals surface area contributed by atoms with E-state index in [4.69, 9.17) is 4.74 Å². The van der Waals surface area contributed by atoms with Crippen LogP contribution in [0.2, 0.25) is 0 Å². The Labute approximate surface area is 244 Å². The summed E-state index contributed by atoms with van der Waals surface area (Å²) in [6, 6.07) is 13.8. The summed E-state index contributed by atoms with van der Waals surface area (Å²) in [5.74, 6) is 0.170. The van der Waals surface area contributed by atoms with E-state index in [0.29, 0.717) is 22.8 Å². The highest BCUT2D eigenvalue weighted by Crippen LogP contribution is 2.38. The Morgan fingerprint density at radius 3 is 2.46 bits per heavy atom. The highest BCUT2D eigenvalue weighted by molar-refractivity contribution is 7.89. The lowest BCUT2D eigenvalue weighted by atomic mass is 9.86. The van der Waals surface area contributed by atoms with Crippen LogP contribution < -0.4 is 20.7 Å². The third kappa shape index (κ3) is 8.47. The van der Waals surface area contributed by atoms with Crippen molar-refractivity contribution >= 4 is 39.2 Å². The Balaban J connectivity index is 1.46. The molecule has 3 aromatic rings. The smallest absolute Gasteiger partial charge is 0.407 e. The number of amides is 3. The number of aromatic nitrogens is 2. The monoisotopic (exact) mass is 600 g/mol. The van der Waals surface area contributed by atoms with E-state index in [2.05, 4.69) is 30.9 Å². The van der Waals surface area contributed by atoms with Crippen LogP contribution in [-0.4, -0.2) is 49.4 Å². The first kappa shape index (κ1) is 30.4. The predicted molar refractivity (Wildman–Crippen MR) is 158 cm³/mol. The highest BCUT2D eigenvalue weighted by Gasteiger charge is 2.28. The van der Waals surface area contributed by atoms with Gasteiger partial charge in [0.05, 0.1) is 11.0 Å². The molecule has 4 rings (SSSR count). The minimum atomic E-state index is -3.88. The zero-order chi connectivity index (χ0) is 29.4. The molecule has 41 heavy (non-hydrogen) atoms. The quantitative estimate of drug-likeness (QED) is 0.256. The summed E-state index contributed by atoms with van der Waals surface area (Å²) in [6.07, 6.45) is 2.66. The van der Waals surface area contributed by atoms with Gasteiger partial charge in [-0.3, -0.25) is 0 Å². The lowest BCUT2D eigenvalue weighted by molar-refractivity contribution is 0.109. The number of nitrogens with zero attached hydrogens (tertiary/aromatic N) is 2. The van der Waals surface area contributed by atoms with Gasteiger partial charge in [-0.1, -0.05) is 48.6 Å². The second-order valence-electron chi connectivity index (χ2n) is 10.1. The number of benzene rings is 2. The van der Waals surface area contributed by atoms with Gasteiger partial charge in [0, 0.05) is 36.3 Å². The van der Waals surface area contributed by atoms with E-state index in [0.717, 1.165) is 36.3 Å². The van der Waals surface area contributed by atoms with E-state index in [1.807, 2.05) is 44.2 Å². The summed E-state index contributed by atoms with van der Waals surface area (Å²) in [5.41, 5.74) is 1.69. The molecule has 1 aliphatic carbocycles.